The van der Waals surface area contributed by atoms with Gasteiger partial charge in [0.2, 0.25) is 15.9 Å². The van der Waals surface area contributed by atoms with Crippen LogP contribution in [-0.4, -0.2) is 31.7 Å². The highest BCUT2D eigenvalue weighted by Gasteiger charge is 2.39. The Hall–Kier alpha value is -2.18. The number of amides is 1. The van der Waals surface area contributed by atoms with Gasteiger partial charge in [0.1, 0.15) is 0 Å². The molecule has 0 aromatic heterocycles. The fraction of sp³-hybridized carbons (Fsp3) is 0.381. The van der Waals surface area contributed by atoms with E-state index < -0.39 is 10.0 Å². The summed E-state index contributed by atoms with van der Waals surface area (Å²) in [4.78, 5) is 14.7. The summed E-state index contributed by atoms with van der Waals surface area (Å²) < 4.78 is 28.3. The average Bonchev–Trinajstić information content (AvgIpc) is 2.94. The van der Waals surface area contributed by atoms with Crippen LogP contribution in [0.1, 0.15) is 41.5 Å². The molecule has 1 amide bonds. The van der Waals surface area contributed by atoms with Crippen LogP contribution in [0.4, 0.5) is 5.69 Å². The summed E-state index contributed by atoms with van der Waals surface area (Å²) in [6.45, 7) is 3.51. The van der Waals surface area contributed by atoms with Crippen molar-refractivity contribution in [2.24, 2.45) is 0 Å². The molecular formula is C21H22N2O3S. The molecule has 0 unspecified atom stereocenters. The lowest BCUT2D eigenvalue weighted by Gasteiger charge is -2.29. The number of rotatable bonds is 2. The molecule has 0 saturated carbocycles. The van der Waals surface area contributed by atoms with E-state index in [0.717, 1.165) is 48.2 Å². The lowest BCUT2D eigenvalue weighted by molar-refractivity contribution is -0.119. The van der Waals surface area contributed by atoms with Crippen molar-refractivity contribution in [3.8, 4) is 0 Å². The number of fused-ring (bicyclic) bond motifs is 1. The number of carbonyl (C=O) groups is 1. The number of nitrogens with zero attached hydrogens (tertiary/aromatic N) is 2. The smallest absolute Gasteiger partial charge is 0.243 e. The van der Waals surface area contributed by atoms with Gasteiger partial charge in [0.05, 0.1) is 16.5 Å². The van der Waals surface area contributed by atoms with Gasteiger partial charge in [-0.2, -0.15) is 4.31 Å². The standard InChI is InChI=1S/C21H22N2O3S/c1-14-19-12-18(11-16-7-4-9-23(20(16)19)21(14)24)27(25,26)22-10-8-15-5-2-3-6-17(15)13-22/h2-3,5-6,11-12,14H,4,7-10,13H2,1H3/t14-/m1/s1. The first-order valence-corrected chi connectivity index (χ1v) is 11.0. The molecular weight excluding hydrogens is 360 g/mol. The molecule has 2 aromatic rings. The van der Waals surface area contributed by atoms with E-state index in [4.69, 9.17) is 0 Å². The van der Waals surface area contributed by atoms with Gasteiger partial charge < -0.3 is 4.90 Å². The molecule has 3 heterocycles. The van der Waals surface area contributed by atoms with Crippen molar-refractivity contribution >= 4 is 21.6 Å². The number of sulfonamides is 1. The molecule has 3 aliphatic heterocycles. The summed E-state index contributed by atoms with van der Waals surface area (Å²) in [7, 11) is -3.59. The van der Waals surface area contributed by atoms with Gasteiger partial charge in [0, 0.05) is 19.6 Å². The molecule has 0 spiro atoms. The van der Waals surface area contributed by atoms with Crippen molar-refractivity contribution < 1.29 is 13.2 Å². The van der Waals surface area contributed by atoms with E-state index in [1.807, 2.05) is 30.0 Å². The third-order valence-corrected chi connectivity index (χ3v) is 7.95. The maximum atomic E-state index is 13.4. The largest absolute Gasteiger partial charge is 0.311 e. The van der Waals surface area contributed by atoms with Crippen molar-refractivity contribution in [1.29, 1.82) is 0 Å². The summed E-state index contributed by atoms with van der Waals surface area (Å²) >= 11 is 0. The lowest BCUT2D eigenvalue weighted by Crippen LogP contribution is -2.36. The Bertz CT molecular complexity index is 1060. The average molecular weight is 382 g/mol. The minimum Gasteiger partial charge on any atom is -0.311 e. The number of anilines is 1. The van der Waals surface area contributed by atoms with Gasteiger partial charge in [-0.1, -0.05) is 24.3 Å². The first kappa shape index (κ1) is 17.0. The fourth-order valence-corrected chi connectivity index (χ4v) is 6.14. The molecule has 5 rings (SSSR count). The Kier molecular flexibility index (Phi) is 3.71. The molecule has 3 aliphatic rings. The molecule has 6 heteroatoms. The van der Waals surface area contributed by atoms with Crippen LogP contribution in [0.3, 0.4) is 0 Å². The van der Waals surface area contributed by atoms with Crippen LogP contribution < -0.4 is 4.90 Å². The van der Waals surface area contributed by atoms with Crippen molar-refractivity contribution in [3.63, 3.8) is 0 Å². The maximum Gasteiger partial charge on any atom is 0.243 e. The van der Waals surface area contributed by atoms with Crippen LogP contribution in [0.2, 0.25) is 0 Å². The Balaban J connectivity index is 1.57. The topological polar surface area (TPSA) is 57.7 Å². The third kappa shape index (κ3) is 2.47. The molecule has 0 radical (unpaired) electrons. The summed E-state index contributed by atoms with van der Waals surface area (Å²) in [6.07, 6.45) is 2.44. The second-order valence-corrected chi connectivity index (χ2v) is 9.63. The third-order valence-electron chi connectivity index (χ3n) is 6.13. The zero-order valence-electron chi connectivity index (χ0n) is 15.3. The first-order valence-electron chi connectivity index (χ1n) is 9.52. The predicted molar refractivity (Wildman–Crippen MR) is 103 cm³/mol. The monoisotopic (exact) mass is 382 g/mol. The summed E-state index contributed by atoms with van der Waals surface area (Å²) in [5, 5.41) is 0. The van der Waals surface area contributed by atoms with E-state index in [0.29, 0.717) is 18.0 Å². The Labute approximate surface area is 159 Å². The van der Waals surface area contributed by atoms with Gasteiger partial charge in [0.15, 0.2) is 0 Å². The Morgan fingerprint density at radius 1 is 1.00 bits per heavy atom. The summed E-state index contributed by atoms with van der Waals surface area (Å²) in [5.74, 6) is -0.179. The van der Waals surface area contributed by atoms with Crippen molar-refractivity contribution in [3.05, 3.63) is 58.7 Å². The molecule has 27 heavy (non-hydrogen) atoms. The van der Waals surface area contributed by atoms with Crippen molar-refractivity contribution in [2.75, 3.05) is 18.0 Å². The molecule has 0 saturated heterocycles. The Morgan fingerprint density at radius 2 is 1.78 bits per heavy atom. The molecule has 5 nitrogen and oxygen atoms in total. The van der Waals surface area contributed by atoms with Crippen LogP contribution in [0.5, 0.6) is 0 Å². The zero-order valence-corrected chi connectivity index (χ0v) is 16.1. The SMILES string of the molecule is C[C@H]1C(=O)N2CCCc3cc(S(=O)(=O)N4CCc5ccccc5C4)cc1c32. The van der Waals surface area contributed by atoms with Crippen molar-refractivity contribution in [1.82, 2.24) is 4.31 Å². The molecule has 0 N–H and O–H groups in total. The molecule has 1 atom stereocenters. The van der Waals surface area contributed by atoms with Gasteiger partial charge >= 0.3 is 0 Å². The number of benzene rings is 2. The number of carbonyl (C=O) groups excluding carboxylic acids is 1. The van der Waals surface area contributed by atoms with E-state index in [2.05, 4.69) is 6.07 Å². The lowest BCUT2D eigenvalue weighted by atomic mass is 9.97. The zero-order chi connectivity index (χ0) is 18.8. The van der Waals surface area contributed by atoms with E-state index >= 15 is 0 Å². The van der Waals surface area contributed by atoms with Gasteiger partial charge in [-0.3, -0.25) is 4.79 Å². The molecule has 140 valence electrons. The highest BCUT2D eigenvalue weighted by molar-refractivity contribution is 7.89. The number of hydrogen-bond acceptors (Lipinski definition) is 3. The maximum absolute atomic E-state index is 13.4. The molecule has 0 aliphatic carbocycles. The second kappa shape index (κ2) is 5.91. The van der Waals surface area contributed by atoms with E-state index in [1.54, 1.807) is 16.4 Å². The van der Waals surface area contributed by atoms with Crippen molar-refractivity contribution in [2.45, 2.75) is 43.5 Å². The van der Waals surface area contributed by atoms with Gasteiger partial charge in [-0.05, 0) is 60.6 Å². The van der Waals surface area contributed by atoms with E-state index in [9.17, 15) is 13.2 Å². The van der Waals surface area contributed by atoms with Gasteiger partial charge in [-0.15, -0.1) is 0 Å². The highest BCUT2D eigenvalue weighted by Crippen LogP contribution is 2.44. The summed E-state index contributed by atoms with van der Waals surface area (Å²) in [5.41, 5.74) is 5.12. The van der Waals surface area contributed by atoms with E-state index in [1.165, 1.54) is 5.56 Å². The number of aryl methyl sites for hydroxylation is 1. The van der Waals surface area contributed by atoms with Crippen LogP contribution in [0, 0.1) is 0 Å². The van der Waals surface area contributed by atoms with Crippen LogP contribution in [0.25, 0.3) is 0 Å². The van der Waals surface area contributed by atoms with Crippen LogP contribution in [0.15, 0.2) is 41.3 Å². The molecule has 0 bridgehead atoms. The van der Waals surface area contributed by atoms with Gasteiger partial charge in [0.25, 0.3) is 0 Å². The second-order valence-electron chi connectivity index (χ2n) is 7.69. The van der Waals surface area contributed by atoms with E-state index in [-0.39, 0.29) is 11.8 Å². The minimum absolute atomic E-state index is 0.0902. The molecule has 2 aromatic carbocycles. The first-order chi connectivity index (χ1) is 13.0. The number of hydrogen-bond donors (Lipinski definition) is 0. The molecule has 0 fully saturated rings. The van der Waals surface area contributed by atoms with Crippen LogP contribution in [-0.2, 0) is 34.2 Å². The fourth-order valence-electron chi connectivity index (χ4n) is 4.64. The Morgan fingerprint density at radius 3 is 2.59 bits per heavy atom. The quantitative estimate of drug-likeness (QED) is 0.803. The highest BCUT2D eigenvalue weighted by atomic mass is 32.2. The van der Waals surface area contributed by atoms with Gasteiger partial charge in [-0.25, -0.2) is 8.42 Å². The predicted octanol–water partition coefficient (Wildman–Crippen LogP) is 2.83. The normalized spacial score (nSPS) is 21.9. The summed E-state index contributed by atoms with van der Waals surface area (Å²) in [6, 6.07) is 11.6. The van der Waals surface area contributed by atoms with Crippen LogP contribution >= 0.6 is 0 Å². The minimum atomic E-state index is -3.59.